The van der Waals surface area contributed by atoms with Crippen LogP contribution in [0.3, 0.4) is 0 Å². The molecule has 0 atom stereocenters. The number of allylic oxidation sites excluding steroid dienone is 2. The second-order valence-electron chi connectivity index (χ2n) is 10.6. The molecule has 2 aromatic rings. The van der Waals surface area contributed by atoms with Crippen LogP contribution in [0.15, 0.2) is 73.8 Å². The van der Waals surface area contributed by atoms with E-state index in [1.54, 1.807) is 0 Å². The molecular weight excluding hydrogens is 480 g/mol. The van der Waals surface area contributed by atoms with Gasteiger partial charge in [-0.25, -0.2) is 0 Å². The molecular formula is C35H50N2O2. The monoisotopic (exact) mass is 530 g/mol. The first-order valence-corrected chi connectivity index (χ1v) is 15.1. The van der Waals surface area contributed by atoms with Gasteiger partial charge in [-0.15, -0.1) is 13.2 Å². The van der Waals surface area contributed by atoms with E-state index in [1.165, 1.54) is 62.5 Å². The van der Waals surface area contributed by atoms with Crippen LogP contribution in [-0.4, -0.2) is 11.8 Å². The lowest BCUT2D eigenvalue weighted by molar-refractivity contribution is -0.117. The highest BCUT2D eigenvalue weighted by Crippen LogP contribution is 2.17. The van der Waals surface area contributed by atoms with Gasteiger partial charge in [-0.1, -0.05) is 87.8 Å². The largest absolute Gasteiger partial charge is 0.326 e. The van der Waals surface area contributed by atoms with E-state index in [9.17, 15) is 9.59 Å². The molecule has 39 heavy (non-hydrogen) atoms. The lowest BCUT2D eigenvalue weighted by Gasteiger charge is -2.09. The van der Waals surface area contributed by atoms with Crippen LogP contribution in [0.4, 0.5) is 11.4 Å². The summed E-state index contributed by atoms with van der Waals surface area (Å²) in [6.07, 6.45) is 22.1. The molecule has 0 unspecified atom stereocenters. The average Bonchev–Trinajstić information content (AvgIpc) is 2.94. The molecule has 2 rings (SSSR count). The Kier molecular flexibility index (Phi) is 17.1. The fraction of sp³-hybridized carbons (Fsp3) is 0.486. The minimum atomic E-state index is 0.0892. The van der Waals surface area contributed by atoms with Gasteiger partial charge in [0.2, 0.25) is 11.8 Å². The zero-order chi connectivity index (χ0) is 28.0. The molecule has 0 spiro atoms. The van der Waals surface area contributed by atoms with Crippen LogP contribution in [0.1, 0.15) is 114 Å². The first-order chi connectivity index (χ1) is 19.1. The van der Waals surface area contributed by atoms with Gasteiger partial charge in [0.25, 0.3) is 0 Å². The molecule has 2 aromatic carbocycles. The van der Waals surface area contributed by atoms with Crippen LogP contribution in [0.5, 0.6) is 0 Å². The van der Waals surface area contributed by atoms with Crippen molar-refractivity contribution in [1.29, 1.82) is 0 Å². The summed E-state index contributed by atoms with van der Waals surface area (Å²) < 4.78 is 0. The number of unbranched alkanes of at least 4 members (excludes halogenated alkanes) is 12. The fourth-order valence-electron chi connectivity index (χ4n) is 4.66. The zero-order valence-corrected chi connectivity index (χ0v) is 24.0. The molecule has 2 N–H and O–H groups in total. The van der Waals surface area contributed by atoms with Crippen molar-refractivity contribution in [3.63, 3.8) is 0 Å². The quantitative estimate of drug-likeness (QED) is 0.118. The summed E-state index contributed by atoms with van der Waals surface area (Å²) in [5.41, 5.74) is 4.06. The predicted molar refractivity (Wildman–Crippen MR) is 167 cm³/mol. The molecule has 0 saturated heterocycles. The van der Waals surface area contributed by atoms with Gasteiger partial charge in [0, 0.05) is 24.2 Å². The number of benzene rings is 2. The lowest BCUT2D eigenvalue weighted by atomic mass is 10.0. The lowest BCUT2D eigenvalue weighted by Crippen LogP contribution is -2.11. The summed E-state index contributed by atoms with van der Waals surface area (Å²) >= 11 is 0. The van der Waals surface area contributed by atoms with E-state index < -0.39 is 0 Å². The summed E-state index contributed by atoms with van der Waals surface area (Å²) in [5.74, 6) is 0.178. The third-order valence-corrected chi connectivity index (χ3v) is 7.01. The van der Waals surface area contributed by atoms with Crippen molar-refractivity contribution in [3.8, 4) is 0 Å². The number of amides is 2. The number of nitrogens with one attached hydrogen (secondary N) is 2. The molecule has 212 valence electrons. The van der Waals surface area contributed by atoms with E-state index in [1.807, 2.05) is 36.4 Å². The van der Waals surface area contributed by atoms with Gasteiger partial charge in [0.05, 0.1) is 0 Å². The molecule has 0 radical (unpaired) electrons. The van der Waals surface area contributed by atoms with Crippen molar-refractivity contribution in [2.24, 2.45) is 0 Å². The van der Waals surface area contributed by atoms with Crippen molar-refractivity contribution in [2.75, 3.05) is 10.6 Å². The normalized spacial score (nSPS) is 10.7. The van der Waals surface area contributed by atoms with Gasteiger partial charge < -0.3 is 10.6 Å². The molecule has 0 saturated carbocycles. The van der Waals surface area contributed by atoms with Gasteiger partial charge in [-0.2, -0.15) is 0 Å². The van der Waals surface area contributed by atoms with Gasteiger partial charge >= 0.3 is 0 Å². The highest BCUT2D eigenvalue weighted by atomic mass is 16.2. The molecule has 0 aromatic heterocycles. The van der Waals surface area contributed by atoms with Crippen LogP contribution in [0.25, 0.3) is 0 Å². The standard InChI is InChI=1S/C35H50N2O2/c1-3-5-7-9-11-13-15-17-19-34(38)36-32-25-21-30(22-26-32)29-31-23-27-33(28-24-31)37-35(39)20-18-16-14-12-10-8-6-4-2/h3-4,21-28H,1-2,5-20,29H2,(H,36,38)(H,37,39). The van der Waals surface area contributed by atoms with E-state index in [0.717, 1.165) is 56.3 Å². The minimum Gasteiger partial charge on any atom is -0.326 e. The predicted octanol–water partition coefficient (Wildman–Crippen LogP) is 9.77. The Labute approximate surface area is 237 Å². The minimum absolute atomic E-state index is 0.0892. The van der Waals surface area contributed by atoms with Crippen LogP contribution in [0.2, 0.25) is 0 Å². The topological polar surface area (TPSA) is 58.2 Å². The maximum atomic E-state index is 12.2. The maximum absolute atomic E-state index is 12.2. The molecule has 0 aliphatic carbocycles. The molecule has 0 bridgehead atoms. The van der Waals surface area contributed by atoms with Crippen molar-refractivity contribution in [2.45, 2.75) is 109 Å². The highest BCUT2D eigenvalue weighted by Gasteiger charge is 2.05. The van der Waals surface area contributed by atoms with Crippen LogP contribution in [0, 0.1) is 0 Å². The van der Waals surface area contributed by atoms with Crippen molar-refractivity contribution >= 4 is 23.2 Å². The van der Waals surface area contributed by atoms with Crippen molar-refractivity contribution in [3.05, 3.63) is 85.0 Å². The van der Waals surface area contributed by atoms with E-state index in [-0.39, 0.29) is 11.8 Å². The molecule has 0 aliphatic heterocycles. The van der Waals surface area contributed by atoms with Crippen LogP contribution < -0.4 is 10.6 Å². The number of anilines is 2. The zero-order valence-electron chi connectivity index (χ0n) is 24.0. The number of carbonyl (C=O) groups is 2. The Morgan fingerprint density at radius 3 is 1.21 bits per heavy atom. The first-order valence-electron chi connectivity index (χ1n) is 15.1. The SMILES string of the molecule is C=CCCCCCCCCC(=O)Nc1ccc(Cc2ccc(NC(=O)CCCCCCCCC=C)cc2)cc1. The van der Waals surface area contributed by atoms with Crippen molar-refractivity contribution in [1.82, 2.24) is 0 Å². The summed E-state index contributed by atoms with van der Waals surface area (Å²) in [4.78, 5) is 24.5. The number of hydrogen-bond donors (Lipinski definition) is 2. The van der Waals surface area contributed by atoms with E-state index >= 15 is 0 Å². The maximum Gasteiger partial charge on any atom is 0.224 e. The van der Waals surface area contributed by atoms with Gasteiger partial charge in [-0.05, 0) is 80.3 Å². The molecule has 0 heterocycles. The molecule has 4 nitrogen and oxygen atoms in total. The smallest absolute Gasteiger partial charge is 0.224 e. The molecule has 2 amide bonds. The second-order valence-corrected chi connectivity index (χ2v) is 10.6. The molecule has 4 heteroatoms. The summed E-state index contributed by atoms with van der Waals surface area (Å²) in [7, 11) is 0. The fourth-order valence-corrected chi connectivity index (χ4v) is 4.66. The summed E-state index contributed by atoms with van der Waals surface area (Å²) in [6, 6.07) is 16.2. The number of rotatable bonds is 22. The number of carbonyl (C=O) groups excluding carboxylic acids is 2. The Balaban J connectivity index is 1.61. The van der Waals surface area contributed by atoms with Crippen molar-refractivity contribution < 1.29 is 9.59 Å². The van der Waals surface area contributed by atoms with Gasteiger partial charge in [0.15, 0.2) is 0 Å². The van der Waals surface area contributed by atoms with E-state index in [0.29, 0.717) is 12.8 Å². The van der Waals surface area contributed by atoms with E-state index in [4.69, 9.17) is 0 Å². The third-order valence-electron chi connectivity index (χ3n) is 7.01. The number of hydrogen-bond acceptors (Lipinski definition) is 2. The van der Waals surface area contributed by atoms with Crippen LogP contribution >= 0.6 is 0 Å². The second kappa shape index (κ2) is 20.8. The van der Waals surface area contributed by atoms with Gasteiger partial charge in [-0.3, -0.25) is 9.59 Å². The highest BCUT2D eigenvalue weighted by molar-refractivity contribution is 5.91. The molecule has 0 aliphatic rings. The van der Waals surface area contributed by atoms with Crippen LogP contribution in [-0.2, 0) is 16.0 Å². The third kappa shape index (κ3) is 15.8. The Morgan fingerprint density at radius 2 is 0.846 bits per heavy atom. The van der Waals surface area contributed by atoms with Gasteiger partial charge in [0.1, 0.15) is 0 Å². The summed E-state index contributed by atoms with van der Waals surface area (Å²) in [5, 5.41) is 6.03. The molecule has 0 fully saturated rings. The first kappa shape index (κ1) is 32.1. The summed E-state index contributed by atoms with van der Waals surface area (Å²) in [6.45, 7) is 7.51. The Morgan fingerprint density at radius 1 is 0.513 bits per heavy atom. The average molecular weight is 531 g/mol. The van der Waals surface area contributed by atoms with E-state index in [2.05, 4.69) is 48.1 Å². The Bertz CT molecular complexity index is 884. The Hall–Kier alpha value is -3.14.